The van der Waals surface area contributed by atoms with E-state index in [0.29, 0.717) is 25.7 Å². The number of carbonyl (C=O) groups is 2. The summed E-state index contributed by atoms with van der Waals surface area (Å²) in [4.78, 5) is 24.3. The number of allylic oxidation sites excluding steroid dienone is 2. The molecule has 5 atom stereocenters. The topological polar surface area (TPSA) is 139 Å². The van der Waals surface area contributed by atoms with E-state index in [0.717, 1.165) is 77.0 Å². The predicted molar refractivity (Wildman–Crippen MR) is 274 cm³/mol. The minimum atomic E-state index is -0.715. The van der Waals surface area contributed by atoms with Crippen LogP contribution in [0.3, 0.4) is 0 Å². The average molecular weight is 908 g/mol. The molecule has 0 radical (unpaired) electrons. The molecule has 0 aromatic heterocycles. The monoisotopic (exact) mass is 907 g/mol. The molecule has 0 aliphatic carbocycles. The lowest BCUT2D eigenvalue weighted by Gasteiger charge is -2.28. The number of rotatable bonds is 51. The molecule has 8 nitrogen and oxygen atoms in total. The Morgan fingerprint density at radius 2 is 0.703 bits per heavy atom. The number of hydrogen-bond acceptors (Lipinski definition) is 6. The van der Waals surface area contributed by atoms with Gasteiger partial charge in [0.25, 0.3) is 0 Å². The lowest BCUT2D eigenvalue weighted by atomic mass is 9.95. The van der Waals surface area contributed by atoms with E-state index < -0.39 is 30.4 Å². The third kappa shape index (κ3) is 43.1. The van der Waals surface area contributed by atoms with Crippen LogP contribution in [0.4, 0.5) is 0 Å². The highest BCUT2D eigenvalue weighted by atomic mass is 16.3. The molecule has 0 aliphatic rings. The minimum absolute atomic E-state index is 0.0640. The molecular formula is C56H110N2O6. The Labute approximate surface area is 397 Å². The van der Waals surface area contributed by atoms with Crippen LogP contribution in [0.1, 0.15) is 297 Å². The highest BCUT2D eigenvalue weighted by Gasteiger charge is 2.27. The van der Waals surface area contributed by atoms with Gasteiger partial charge in [-0.05, 0) is 51.4 Å². The Kier molecular flexibility index (Phi) is 48.3. The van der Waals surface area contributed by atoms with Crippen LogP contribution in [0.2, 0.25) is 0 Å². The van der Waals surface area contributed by atoms with Crippen molar-refractivity contribution in [3.63, 3.8) is 0 Å². The SMILES string of the molecule is CCCCCCCCC=CCCCCCCCC(=O)NC(CO)C(O)CCCCCCCCCCCCCCCC(O)[C@H](NC(C)=O)[C@H](O)CCCCCCCCCCCCCCC. The summed E-state index contributed by atoms with van der Waals surface area (Å²) in [6, 6.07) is -1.16. The Morgan fingerprint density at radius 1 is 0.406 bits per heavy atom. The maximum Gasteiger partial charge on any atom is 0.220 e. The fourth-order valence-electron chi connectivity index (χ4n) is 9.17. The molecule has 0 spiro atoms. The molecule has 0 fully saturated rings. The van der Waals surface area contributed by atoms with Crippen molar-refractivity contribution in [3.05, 3.63) is 12.2 Å². The smallest absolute Gasteiger partial charge is 0.220 e. The number of amides is 2. The van der Waals surface area contributed by atoms with Gasteiger partial charge < -0.3 is 31.1 Å². The summed E-state index contributed by atoms with van der Waals surface area (Å²) in [7, 11) is 0. The first-order valence-electron chi connectivity index (χ1n) is 28.1. The van der Waals surface area contributed by atoms with E-state index in [1.165, 1.54) is 180 Å². The second kappa shape index (κ2) is 49.4. The van der Waals surface area contributed by atoms with Crippen LogP contribution in [0.5, 0.6) is 0 Å². The lowest BCUT2D eigenvalue weighted by Crippen LogP contribution is -2.50. The number of unbranched alkanes of at least 4 members (excludes halogenated alkanes) is 35. The quantitative estimate of drug-likeness (QED) is 0.0265. The first-order valence-corrected chi connectivity index (χ1v) is 28.1. The van der Waals surface area contributed by atoms with Crippen LogP contribution in [0.25, 0.3) is 0 Å². The molecule has 3 unspecified atom stereocenters. The van der Waals surface area contributed by atoms with Crippen molar-refractivity contribution >= 4 is 11.8 Å². The molecule has 0 saturated heterocycles. The van der Waals surface area contributed by atoms with E-state index in [9.17, 15) is 30.0 Å². The van der Waals surface area contributed by atoms with E-state index in [4.69, 9.17) is 0 Å². The van der Waals surface area contributed by atoms with Crippen molar-refractivity contribution < 1.29 is 30.0 Å². The van der Waals surface area contributed by atoms with Crippen molar-refractivity contribution in [1.29, 1.82) is 0 Å². The zero-order chi connectivity index (χ0) is 47.0. The van der Waals surface area contributed by atoms with E-state index in [1.807, 2.05) is 0 Å². The van der Waals surface area contributed by atoms with Gasteiger partial charge in [0.1, 0.15) is 0 Å². The van der Waals surface area contributed by atoms with Crippen LogP contribution in [0.15, 0.2) is 12.2 Å². The predicted octanol–water partition coefficient (Wildman–Crippen LogP) is 14.4. The van der Waals surface area contributed by atoms with E-state index >= 15 is 0 Å². The highest BCUT2D eigenvalue weighted by Crippen LogP contribution is 2.19. The molecule has 0 heterocycles. The number of nitrogens with one attached hydrogen (secondary N) is 2. The van der Waals surface area contributed by atoms with Crippen LogP contribution in [-0.2, 0) is 9.59 Å². The number of hydrogen-bond donors (Lipinski definition) is 6. The van der Waals surface area contributed by atoms with Crippen molar-refractivity contribution in [2.24, 2.45) is 0 Å². The van der Waals surface area contributed by atoms with Crippen molar-refractivity contribution in [2.75, 3.05) is 6.61 Å². The molecular weight excluding hydrogens is 797 g/mol. The van der Waals surface area contributed by atoms with Gasteiger partial charge >= 0.3 is 0 Å². The highest BCUT2D eigenvalue weighted by molar-refractivity contribution is 5.76. The van der Waals surface area contributed by atoms with Gasteiger partial charge in [0.05, 0.1) is 37.0 Å². The molecule has 380 valence electrons. The van der Waals surface area contributed by atoms with Gasteiger partial charge in [0, 0.05) is 13.3 Å². The Balaban J connectivity index is 3.78. The van der Waals surface area contributed by atoms with Gasteiger partial charge in [-0.3, -0.25) is 9.59 Å². The molecule has 0 aromatic rings. The number of aliphatic hydroxyl groups excluding tert-OH is 4. The molecule has 8 heteroatoms. The molecule has 0 rings (SSSR count). The third-order valence-corrected chi connectivity index (χ3v) is 13.5. The van der Waals surface area contributed by atoms with Gasteiger partial charge in [0.15, 0.2) is 0 Å². The third-order valence-electron chi connectivity index (χ3n) is 13.5. The largest absolute Gasteiger partial charge is 0.394 e. The summed E-state index contributed by atoms with van der Waals surface area (Å²) in [6.45, 7) is 5.76. The summed E-state index contributed by atoms with van der Waals surface area (Å²) < 4.78 is 0. The van der Waals surface area contributed by atoms with Crippen molar-refractivity contribution in [2.45, 2.75) is 327 Å². The van der Waals surface area contributed by atoms with E-state index in [-0.39, 0.29) is 18.4 Å². The summed E-state index contributed by atoms with van der Waals surface area (Å²) >= 11 is 0. The summed E-state index contributed by atoms with van der Waals surface area (Å²) in [6.07, 6.45) is 52.5. The van der Waals surface area contributed by atoms with Crippen molar-refractivity contribution in [3.8, 4) is 0 Å². The molecule has 2 amide bonds. The van der Waals surface area contributed by atoms with Crippen LogP contribution >= 0.6 is 0 Å². The zero-order valence-corrected chi connectivity index (χ0v) is 42.8. The molecule has 64 heavy (non-hydrogen) atoms. The maximum atomic E-state index is 12.5. The van der Waals surface area contributed by atoms with Gasteiger partial charge in [-0.15, -0.1) is 0 Å². The Hall–Kier alpha value is -1.48. The maximum absolute atomic E-state index is 12.5. The van der Waals surface area contributed by atoms with Gasteiger partial charge in [0.2, 0.25) is 11.8 Å². The number of aliphatic hydroxyl groups is 4. The molecule has 0 bridgehead atoms. The van der Waals surface area contributed by atoms with E-state index in [1.54, 1.807) is 0 Å². The summed E-state index contributed by atoms with van der Waals surface area (Å²) in [5.41, 5.74) is 0. The first kappa shape index (κ1) is 62.5. The zero-order valence-electron chi connectivity index (χ0n) is 42.8. The second-order valence-corrected chi connectivity index (χ2v) is 19.8. The normalized spacial score (nSPS) is 14.2. The molecule has 0 aliphatic heterocycles. The molecule has 0 saturated carbocycles. The van der Waals surface area contributed by atoms with Crippen molar-refractivity contribution in [1.82, 2.24) is 10.6 Å². The van der Waals surface area contributed by atoms with Crippen LogP contribution in [-0.4, -0.2) is 69.2 Å². The first-order chi connectivity index (χ1) is 31.3. The van der Waals surface area contributed by atoms with Gasteiger partial charge in [-0.2, -0.15) is 0 Å². The fraction of sp³-hybridized carbons (Fsp3) is 0.929. The van der Waals surface area contributed by atoms with E-state index in [2.05, 4.69) is 36.6 Å². The summed E-state index contributed by atoms with van der Waals surface area (Å²) in [5, 5.41) is 47.9. The fourth-order valence-corrected chi connectivity index (χ4v) is 9.17. The van der Waals surface area contributed by atoms with Gasteiger partial charge in [-0.1, -0.05) is 244 Å². The minimum Gasteiger partial charge on any atom is -0.394 e. The van der Waals surface area contributed by atoms with Gasteiger partial charge in [-0.25, -0.2) is 0 Å². The number of carbonyl (C=O) groups excluding carboxylic acids is 2. The Morgan fingerprint density at radius 3 is 1.03 bits per heavy atom. The van der Waals surface area contributed by atoms with Crippen LogP contribution in [0, 0.1) is 0 Å². The molecule has 6 N–H and O–H groups in total. The molecule has 0 aromatic carbocycles. The second-order valence-electron chi connectivity index (χ2n) is 19.8. The van der Waals surface area contributed by atoms with Crippen LogP contribution < -0.4 is 10.6 Å². The average Bonchev–Trinajstić information content (AvgIpc) is 3.28. The standard InChI is InChI=1S/C56H110N2O6/c1-4-6-8-10-12-14-16-18-19-24-28-32-36-40-44-48-55(64)58-51(49-59)52(61)45-41-37-33-29-25-22-20-23-27-31-35-39-43-47-54(63)56(57-50(3)60)53(62)46-42-38-34-30-26-21-17-15-13-11-9-7-5-2/h18-19,51-54,56,59,61-63H,4-17,20-49H2,1-3H3,(H,57,60)(H,58,64)/t51?,52?,53-,54?,56-/m1/s1. The summed E-state index contributed by atoms with van der Waals surface area (Å²) in [5.74, 6) is -0.260. The Bertz CT molecular complexity index is 1010. The lowest BCUT2D eigenvalue weighted by molar-refractivity contribution is -0.123.